The molecule has 0 saturated carbocycles. The molecule has 0 heterocycles. The summed E-state index contributed by atoms with van der Waals surface area (Å²) in [6, 6.07) is 0. The van der Waals surface area contributed by atoms with E-state index in [4.69, 9.17) is 10.4 Å². The predicted octanol–water partition coefficient (Wildman–Crippen LogP) is 4.63. The van der Waals surface area contributed by atoms with Crippen molar-refractivity contribution in [1.29, 1.82) is 5.26 Å². The van der Waals surface area contributed by atoms with Crippen LogP contribution < -0.4 is 0 Å². The molecule has 0 aromatic carbocycles. The topological polar surface area (TPSA) is 64.2 Å². The van der Waals surface area contributed by atoms with Crippen LogP contribution in [0.15, 0.2) is 0 Å². The fraction of sp³-hybridized carbons (Fsp3) is 0.941. The van der Waals surface area contributed by atoms with E-state index in [2.05, 4.69) is 5.40 Å². The maximum absolute atomic E-state index is 9.89. The first kappa shape index (κ1) is 20.8. The van der Waals surface area contributed by atoms with Crippen molar-refractivity contribution in [1.82, 2.24) is 0 Å². The van der Waals surface area contributed by atoms with Gasteiger partial charge in [-0.05, 0) is 37.4 Å². The summed E-state index contributed by atoms with van der Waals surface area (Å²) < 4.78 is 0. The molecule has 124 valence electrons. The molecule has 21 heavy (non-hydrogen) atoms. The van der Waals surface area contributed by atoms with E-state index >= 15 is 0 Å². The number of aliphatic hydroxyl groups is 2. The van der Waals surface area contributed by atoms with Gasteiger partial charge in [0.05, 0.1) is 6.10 Å². The Hall–Kier alpha value is -0.240. The predicted molar refractivity (Wildman–Crippen MR) is 91.2 cm³/mol. The van der Waals surface area contributed by atoms with Gasteiger partial charge in [0.2, 0.25) is 0 Å². The van der Waals surface area contributed by atoms with Gasteiger partial charge in [-0.25, -0.2) is 0 Å². The fourth-order valence-electron chi connectivity index (χ4n) is 2.47. The number of rotatable bonds is 16. The molecule has 1 unspecified atom stereocenters. The number of hydrogen-bond donors (Lipinski definition) is 2. The van der Waals surface area contributed by atoms with Crippen molar-refractivity contribution in [2.24, 2.45) is 0 Å². The highest BCUT2D eigenvalue weighted by atomic mass is 32.2. The van der Waals surface area contributed by atoms with Crippen molar-refractivity contribution in [3.63, 3.8) is 0 Å². The number of aliphatic hydroxyl groups excluding tert-OH is 2. The molecule has 0 fully saturated rings. The molecule has 0 rings (SSSR count). The molecule has 2 N–H and O–H groups in total. The average Bonchev–Trinajstić information content (AvgIpc) is 2.49. The van der Waals surface area contributed by atoms with E-state index in [1.165, 1.54) is 50.3 Å². The maximum Gasteiger partial charge on any atom is 0.133 e. The van der Waals surface area contributed by atoms with Crippen molar-refractivity contribution >= 4 is 11.8 Å². The van der Waals surface area contributed by atoms with E-state index in [9.17, 15) is 5.11 Å². The molecule has 0 aliphatic heterocycles. The average molecular weight is 316 g/mol. The van der Waals surface area contributed by atoms with E-state index in [1.54, 1.807) is 0 Å². The van der Waals surface area contributed by atoms with Gasteiger partial charge in [0.1, 0.15) is 5.40 Å². The van der Waals surface area contributed by atoms with Crippen LogP contribution >= 0.6 is 11.8 Å². The smallest absolute Gasteiger partial charge is 0.133 e. The monoisotopic (exact) mass is 315 g/mol. The molecule has 0 amide bonds. The van der Waals surface area contributed by atoms with Crippen LogP contribution in [-0.2, 0) is 0 Å². The van der Waals surface area contributed by atoms with Gasteiger partial charge in [-0.2, -0.15) is 5.26 Å². The molecule has 0 aliphatic rings. The Morgan fingerprint density at radius 1 is 0.762 bits per heavy atom. The van der Waals surface area contributed by atoms with Crippen molar-refractivity contribution in [3.8, 4) is 5.40 Å². The van der Waals surface area contributed by atoms with Gasteiger partial charge in [0.15, 0.2) is 0 Å². The number of thiocyanates is 1. The van der Waals surface area contributed by atoms with E-state index < -0.39 is 0 Å². The second-order valence-electron chi connectivity index (χ2n) is 5.78. The summed E-state index contributed by atoms with van der Waals surface area (Å²) in [6.45, 7) is 0.315. The lowest BCUT2D eigenvalue weighted by atomic mass is 10.0. The van der Waals surface area contributed by atoms with E-state index in [-0.39, 0.29) is 6.10 Å². The zero-order valence-electron chi connectivity index (χ0n) is 13.4. The number of nitrogens with zero attached hydrogens (tertiary/aromatic N) is 1. The summed E-state index contributed by atoms with van der Waals surface area (Å²) in [7, 11) is 0. The quantitative estimate of drug-likeness (QED) is 0.322. The van der Waals surface area contributed by atoms with Gasteiger partial charge in [-0.15, -0.1) is 0 Å². The number of nitriles is 1. The Bertz CT molecular complexity index is 243. The number of unbranched alkanes of at least 4 members (excludes halogenated alkanes) is 9. The first-order chi connectivity index (χ1) is 10.3. The molecular formula is C17H33NO2S. The van der Waals surface area contributed by atoms with Gasteiger partial charge in [-0.1, -0.05) is 57.8 Å². The molecule has 0 aromatic rings. The Kier molecular flexibility index (Phi) is 17.6. The second kappa shape index (κ2) is 17.8. The lowest BCUT2D eigenvalue weighted by Gasteiger charge is -2.10. The van der Waals surface area contributed by atoms with Crippen molar-refractivity contribution in [3.05, 3.63) is 0 Å². The van der Waals surface area contributed by atoms with Crippen LogP contribution in [0.1, 0.15) is 83.5 Å². The summed E-state index contributed by atoms with van der Waals surface area (Å²) in [5.74, 6) is 0.956. The summed E-state index contributed by atoms with van der Waals surface area (Å²) in [5.41, 5.74) is 0. The molecule has 4 heteroatoms. The Morgan fingerprint density at radius 2 is 1.24 bits per heavy atom. The van der Waals surface area contributed by atoms with Gasteiger partial charge in [-0.3, -0.25) is 0 Å². The molecule has 3 nitrogen and oxygen atoms in total. The third kappa shape index (κ3) is 17.7. The van der Waals surface area contributed by atoms with Crippen LogP contribution in [0.25, 0.3) is 0 Å². The summed E-state index contributed by atoms with van der Waals surface area (Å²) in [4.78, 5) is 0. The summed E-state index contributed by atoms with van der Waals surface area (Å²) in [5, 5.41) is 29.0. The molecule has 1 atom stereocenters. The largest absolute Gasteiger partial charge is 0.396 e. The highest BCUT2D eigenvalue weighted by Crippen LogP contribution is 2.14. The van der Waals surface area contributed by atoms with Gasteiger partial charge in [0, 0.05) is 12.4 Å². The molecule has 0 aromatic heterocycles. The molecule has 0 spiro atoms. The number of thioether (sulfide) groups is 1. The van der Waals surface area contributed by atoms with Crippen LogP contribution in [0, 0.1) is 10.7 Å². The standard InChI is InChI=1S/C17H33NO2S/c18-16-21-15-11-7-3-5-9-13-17(20)12-8-4-1-2-6-10-14-19/h17,19-20H,1-15H2. The third-order valence-corrected chi connectivity index (χ3v) is 4.42. The maximum atomic E-state index is 9.89. The summed E-state index contributed by atoms with van der Waals surface area (Å²) >= 11 is 1.35. The number of hydrogen-bond acceptors (Lipinski definition) is 4. The van der Waals surface area contributed by atoms with E-state index in [0.29, 0.717) is 6.61 Å². The van der Waals surface area contributed by atoms with Gasteiger partial charge in [0.25, 0.3) is 0 Å². The van der Waals surface area contributed by atoms with E-state index in [1.807, 2.05) is 0 Å². The van der Waals surface area contributed by atoms with Gasteiger partial charge >= 0.3 is 0 Å². The SMILES string of the molecule is N#CSCCCCCCCC(O)CCCCCCCCO. The van der Waals surface area contributed by atoms with Crippen LogP contribution in [0.2, 0.25) is 0 Å². The molecular weight excluding hydrogens is 282 g/mol. The van der Waals surface area contributed by atoms with Crippen LogP contribution in [0.3, 0.4) is 0 Å². The molecule has 0 radical (unpaired) electrons. The first-order valence-corrected chi connectivity index (χ1v) is 9.59. The Balaban J connectivity index is 3.13. The Labute approximate surface area is 135 Å². The van der Waals surface area contributed by atoms with Crippen molar-refractivity contribution in [2.45, 2.75) is 89.6 Å². The highest BCUT2D eigenvalue weighted by Gasteiger charge is 2.03. The third-order valence-electron chi connectivity index (χ3n) is 3.79. The summed E-state index contributed by atoms with van der Waals surface area (Å²) in [6.07, 6.45) is 14.5. The highest BCUT2D eigenvalue weighted by molar-refractivity contribution is 8.03. The van der Waals surface area contributed by atoms with Crippen LogP contribution in [0.4, 0.5) is 0 Å². The lowest BCUT2D eigenvalue weighted by molar-refractivity contribution is 0.147. The zero-order chi connectivity index (χ0) is 15.6. The second-order valence-corrected chi connectivity index (χ2v) is 6.66. The minimum Gasteiger partial charge on any atom is -0.396 e. The van der Waals surface area contributed by atoms with E-state index in [0.717, 1.165) is 50.7 Å². The molecule has 0 saturated heterocycles. The first-order valence-electron chi connectivity index (χ1n) is 8.61. The molecule has 0 bridgehead atoms. The Morgan fingerprint density at radius 3 is 1.76 bits per heavy atom. The fourth-order valence-corrected chi connectivity index (χ4v) is 2.91. The molecule has 0 aliphatic carbocycles. The van der Waals surface area contributed by atoms with Crippen molar-refractivity contribution < 1.29 is 10.2 Å². The zero-order valence-corrected chi connectivity index (χ0v) is 14.3. The van der Waals surface area contributed by atoms with Gasteiger partial charge < -0.3 is 10.2 Å². The normalized spacial score (nSPS) is 12.2. The minimum atomic E-state index is -0.114. The van der Waals surface area contributed by atoms with Crippen LogP contribution in [-0.4, -0.2) is 28.7 Å². The lowest BCUT2D eigenvalue weighted by Crippen LogP contribution is -2.05. The van der Waals surface area contributed by atoms with Crippen LogP contribution in [0.5, 0.6) is 0 Å². The minimum absolute atomic E-state index is 0.114. The van der Waals surface area contributed by atoms with Crippen molar-refractivity contribution in [2.75, 3.05) is 12.4 Å².